The first-order valence-corrected chi connectivity index (χ1v) is 7.26. The van der Waals surface area contributed by atoms with Crippen molar-refractivity contribution in [2.45, 2.75) is 65.0 Å². The molecule has 0 bridgehead atoms. The molecule has 5 nitrogen and oxygen atoms in total. The number of carbonyl (C=O) groups is 2. The Morgan fingerprint density at radius 1 is 1.26 bits per heavy atom. The minimum Gasteiger partial charge on any atom is -0.481 e. The second-order valence-electron chi connectivity index (χ2n) is 5.49. The van der Waals surface area contributed by atoms with Crippen LogP contribution >= 0.6 is 0 Å². The number of nitrogens with zero attached hydrogens (tertiary/aromatic N) is 2. The van der Waals surface area contributed by atoms with Crippen molar-refractivity contribution < 1.29 is 14.7 Å². The summed E-state index contributed by atoms with van der Waals surface area (Å²) in [6.07, 6.45) is 4.25. The van der Waals surface area contributed by atoms with Crippen molar-refractivity contribution in [3.8, 4) is 0 Å². The fraction of sp³-hybridized carbons (Fsp3) is 0.857. The van der Waals surface area contributed by atoms with Crippen LogP contribution in [0.3, 0.4) is 0 Å². The van der Waals surface area contributed by atoms with Crippen molar-refractivity contribution in [1.82, 2.24) is 9.80 Å². The van der Waals surface area contributed by atoms with Gasteiger partial charge in [0.25, 0.3) is 0 Å². The molecule has 1 aliphatic rings. The van der Waals surface area contributed by atoms with Crippen molar-refractivity contribution in [1.29, 1.82) is 0 Å². The topological polar surface area (TPSA) is 60.9 Å². The molecule has 19 heavy (non-hydrogen) atoms. The van der Waals surface area contributed by atoms with Gasteiger partial charge < -0.3 is 14.9 Å². The van der Waals surface area contributed by atoms with Crippen LogP contribution in [0.25, 0.3) is 0 Å². The number of hydrogen-bond donors (Lipinski definition) is 1. The minimum absolute atomic E-state index is 0.00667. The SMILES string of the molecule is CCCCN(C(=O)N(CCC(=O)O)C(C)C)C1CC1. The van der Waals surface area contributed by atoms with E-state index in [4.69, 9.17) is 5.11 Å². The Bertz CT molecular complexity index is 314. The average Bonchev–Trinajstić information content (AvgIpc) is 3.13. The van der Waals surface area contributed by atoms with Crippen LogP contribution in [0.5, 0.6) is 0 Å². The number of carbonyl (C=O) groups excluding carboxylic acids is 1. The van der Waals surface area contributed by atoms with Crippen molar-refractivity contribution >= 4 is 12.0 Å². The number of aliphatic carboxylic acids is 1. The molecule has 1 saturated carbocycles. The largest absolute Gasteiger partial charge is 0.481 e. The number of unbranched alkanes of at least 4 members (excludes halogenated alkanes) is 1. The quantitative estimate of drug-likeness (QED) is 0.737. The van der Waals surface area contributed by atoms with Crippen LogP contribution in [0, 0.1) is 0 Å². The Kier molecular flexibility index (Phi) is 6.12. The number of carboxylic acids is 1. The molecule has 0 spiro atoms. The van der Waals surface area contributed by atoms with E-state index in [1.54, 1.807) is 4.90 Å². The number of carboxylic acid groups (broad SMARTS) is 1. The van der Waals surface area contributed by atoms with Crippen LogP contribution in [0.2, 0.25) is 0 Å². The van der Waals surface area contributed by atoms with Crippen LogP contribution in [-0.4, -0.2) is 52.1 Å². The second kappa shape index (κ2) is 7.36. The van der Waals surface area contributed by atoms with Gasteiger partial charge in [0, 0.05) is 25.2 Å². The molecule has 1 aliphatic carbocycles. The van der Waals surface area contributed by atoms with Gasteiger partial charge in [-0.3, -0.25) is 4.79 Å². The summed E-state index contributed by atoms with van der Waals surface area (Å²) in [6.45, 7) is 7.06. The molecule has 110 valence electrons. The zero-order valence-electron chi connectivity index (χ0n) is 12.3. The van der Waals surface area contributed by atoms with Crippen molar-refractivity contribution in [2.75, 3.05) is 13.1 Å². The van der Waals surface area contributed by atoms with Gasteiger partial charge in [-0.15, -0.1) is 0 Å². The van der Waals surface area contributed by atoms with E-state index >= 15 is 0 Å². The van der Waals surface area contributed by atoms with E-state index in [0.717, 1.165) is 32.2 Å². The summed E-state index contributed by atoms with van der Waals surface area (Å²) < 4.78 is 0. The Balaban J connectivity index is 2.63. The average molecular weight is 270 g/mol. The Labute approximate surface area is 115 Å². The van der Waals surface area contributed by atoms with Crippen LogP contribution in [0.4, 0.5) is 4.79 Å². The van der Waals surface area contributed by atoms with Gasteiger partial charge >= 0.3 is 12.0 Å². The van der Waals surface area contributed by atoms with E-state index in [-0.39, 0.29) is 18.5 Å². The Morgan fingerprint density at radius 2 is 1.89 bits per heavy atom. The van der Waals surface area contributed by atoms with E-state index in [1.165, 1.54) is 0 Å². The molecule has 0 aromatic rings. The third-order valence-corrected chi connectivity index (χ3v) is 3.42. The van der Waals surface area contributed by atoms with Crippen LogP contribution in [-0.2, 0) is 4.79 Å². The molecule has 0 heterocycles. The van der Waals surface area contributed by atoms with Crippen molar-refractivity contribution in [3.05, 3.63) is 0 Å². The molecule has 0 unspecified atom stereocenters. The highest BCUT2D eigenvalue weighted by Gasteiger charge is 2.35. The van der Waals surface area contributed by atoms with Crippen LogP contribution in [0.1, 0.15) is 52.9 Å². The lowest BCUT2D eigenvalue weighted by Crippen LogP contribution is -2.48. The fourth-order valence-corrected chi connectivity index (χ4v) is 2.10. The molecule has 1 fully saturated rings. The zero-order chi connectivity index (χ0) is 14.4. The van der Waals surface area contributed by atoms with Crippen molar-refractivity contribution in [2.24, 2.45) is 0 Å². The molecular formula is C14H26N2O3. The first-order valence-electron chi connectivity index (χ1n) is 7.26. The number of amides is 2. The summed E-state index contributed by atoms with van der Waals surface area (Å²) in [5, 5.41) is 8.78. The van der Waals surface area contributed by atoms with Gasteiger partial charge in [-0.1, -0.05) is 13.3 Å². The summed E-state index contributed by atoms with van der Waals surface area (Å²) in [6, 6.07) is 0.423. The molecule has 1 rings (SSSR count). The zero-order valence-corrected chi connectivity index (χ0v) is 12.3. The van der Waals surface area contributed by atoms with E-state index in [9.17, 15) is 9.59 Å². The molecule has 0 aromatic carbocycles. The van der Waals surface area contributed by atoms with E-state index in [1.807, 2.05) is 18.7 Å². The first-order chi connectivity index (χ1) is 8.97. The molecule has 5 heteroatoms. The normalized spacial score (nSPS) is 14.5. The maximum absolute atomic E-state index is 12.5. The standard InChI is InChI=1S/C14H26N2O3/c1-4-5-9-16(12-6-7-12)14(19)15(11(2)3)10-8-13(17)18/h11-12H,4-10H2,1-3H3,(H,17,18). The van der Waals surface area contributed by atoms with E-state index < -0.39 is 5.97 Å². The summed E-state index contributed by atoms with van der Waals surface area (Å²) in [7, 11) is 0. The third-order valence-electron chi connectivity index (χ3n) is 3.42. The lowest BCUT2D eigenvalue weighted by Gasteiger charge is -2.33. The third kappa shape index (κ3) is 5.09. The smallest absolute Gasteiger partial charge is 0.320 e. The van der Waals surface area contributed by atoms with E-state index in [2.05, 4.69) is 6.92 Å². The summed E-state index contributed by atoms with van der Waals surface area (Å²) >= 11 is 0. The summed E-state index contributed by atoms with van der Waals surface area (Å²) in [5.74, 6) is -0.856. The van der Waals surface area contributed by atoms with E-state index in [0.29, 0.717) is 12.6 Å². The van der Waals surface area contributed by atoms with Gasteiger partial charge in [0.05, 0.1) is 6.42 Å². The molecule has 0 atom stereocenters. The number of urea groups is 1. The van der Waals surface area contributed by atoms with Gasteiger partial charge in [0.2, 0.25) is 0 Å². The molecule has 0 radical (unpaired) electrons. The highest BCUT2D eigenvalue weighted by molar-refractivity contribution is 5.76. The predicted octanol–water partition coefficient (Wildman–Crippen LogP) is 2.56. The second-order valence-corrected chi connectivity index (χ2v) is 5.49. The summed E-state index contributed by atoms with van der Waals surface area (Å²) in [5.41, 5.74) is 0. The fourth-order valence-electron chi connectivity index (χ4n) is 2.10. The first kappa shape index (κ1) is 15.8. The molecule has 0 aliphatic heterocycles. The molecular weight excluding hydrogens is 244 g/mol. The predicted molar refractivity (Wildman–Crippen MR) is 74.1 cm³/mol. The highest BCUT2D eigenvalue weighted by atomic mass is 16.4. The minimum atomic E-state index is -0.856. The molecule has 2 amide bonds. The Hall–Kier alpha value is -1.26. The lowest BCUT2D eigenvalue weighted by molar-refractivity contribution is -0.137. The van der Waals surface area contributed by atoms with Crippen LogP contribution < -0.4 is 0 Å². The monoisotopic (exact) mass is 270 g/mol. The maximum Gasteiger partial charge on any atom is 0.320 e. The number of rotatable bonds is 8. The number of hydrogen-bond acceptors (Lipinski definition) is 2. The molecule has 0 saturated heterocycles. The van der Waals surface area contributed by atoms with Gasteiger partial charge in [-0.25, -0.2) is 4.79 Å². The van der Waals surface area contributed by atoms with Gasteiger partial charge in [-0.2, -0.15) is 0 Å². The van der Waals surface area contributed by atoms with Crippen LogP contribution in [0.15, 0.2) is 0 Å². The van der Waals surface area contributed by atoms with Gasteiger partial charge in [-0.05, 0) is 33.1 Å². The van der Waals surface area contributed by atoms with Gasteiger partial charge in [0.1, 0.15) is 0 Å². The molecule has 0 aromatic heterocycles. The Morgan fingerprint density at radius 3 is 2.32 bits per heavy atom. The summed E-state index contributed by atoms with van der Waals surface area (Å²) in [4.78, 5) is 26.8. The maximum atomic E-state index is 12.5. The lowest BCUT2D eigenvalue weighted by atomic mass is 10.2. The molecule has 1 N–H and O–H groups in total. The van der Waals surface area contributed by atoms with Crippen molar-refractivity contribution in [3.63, 3.8) is 0 Å². The highest BCUT2D eigenvalue weighted by Crippen LogP contribution is 2.28. The van der Waals surface area contributed by atoms with Gasteiger partial charge in [0.15, 0.2) is 0 Å².